The van der Waals surface area contributed by atoms with Crippen molar-refractivity contribution < 1.29 is 37.0 Å². The number of aromatic carboxylic acids is 1. The SMILES string of the molecule is CCC(=O)Nc1cc(C(=O)O)cc(C2=C(c3cc(C(F)(F)F)ccc3OCc3ccc(F)cc3)CCC2)c1. The molecule has 0 heterocycles. The third kappa shape index (κ3) is 6.22. The van der Waals surface area contributed by atoms with Crippen molar-refractivity contribution in [3.63, 3.8) is 0 Å². The Morgan fingerprint density at radius 1 is 0.974 bits per heavy atom. The summed E-state index contributed by atoms with van der Waals surface area (Å²) in [5, 5.41) is 12.3. The fourth-order valence-electron chi connectivity index (χ4n) is 4.42. The van der Waals surface area contributed by atoms with Crippen LogP contribution in [0.3, 0.4) is 0 Å². The second-order valence-electron chi connectivity index (χ2n) is 8.94. The predicted octanol–water partition coefficient (Wildman–Crippen LogP) is 7.56. The fraction of sp³-hybridized carbons (Fsp3) is 0.241. The van der Waals surface area contributed by atoms with E-state index in [4.69, 9.17) is 4.74 Å². The van der Waals surface area contributed by atoms with Crippen LogP contribution in [-0.2, 0) is 17.6 Å². The van der Waals surface area contributed by atoms with E-state index in [1.807, 2.05) is 0 Å². The molecule has 5 nitrogen and oxygen atoms in total. The van der Waals surface area contributed by atoms with Gasteiger partial charge < -0.3 is 15.2 Å². The number of alkyl halides is 3. The summed E-state index contributed by atoms with van der Waals surface area (Å²) in [6.07, 6.45) is -2.78. The van der Waals surface area contributed by atoms with E-state index in [0.29, 0.717) is 47.2 Å². The average Bonchev–Trinajstić information content (AvgIpc) is 3.37. The van der Waals surface area contributed by atoms with Crippen LogP contribution in [0.25, 0.3) is 11.1 Å². The minimum absolute atomic E-state index is 0.0168. The largest absolute Gasteiger partial charge is 0.488 e. The van der Waals surface area contributed by atoms with Crippen LogP contribution in [-0.4, -0.2) is 17.0 Å². The van der Waals surface area contributed by atoms with Crippen LogP contribution in [0.1, 0.15) is 65.2 Å². The molecule has 9 heteroatoms. The monoisotopic (exact) mass is 527 g/mol. The van der Waals surface area contributed by atoms with Gasteiger partial charge >= 0.3 is 12.1 Å². The highest BCUT2D eigenvalue weighted by molar-refractivity contribution is 5.99. The minimum atomic E-state index is -4.58. The maximum Gasteiger partial charge on any atom is 0.416 e. The van der Waals surface area contributed by atoms with Gasteiger partial charge in [-0.05, 0) is 90.1 Å². The number of halogens is 4. The number of amides is 1. The first-order chi connectivity index (χ1) is 18.0. The van der Waals surface area contributed by atoms with Gasteiger partial charge in [-0.25, -0.2) is 9.18 Å². The number of rotatable bonds is 8. The molecule has 3 aromatic carbocycles. The Hall–Kier alpha value is -4.14. The van der Waals surface area contributed by atoms with Crippen molar-refractivity contribution in [2.75, 3.05) is 5.32 Å². The van der Waals surface area contributed by atoms with Crippen molar-refractivity contribution in [1.82, 2.24) is 0 Å². The molecule has 0 spiro atoms. The number of anilines is 1. The summed E-state index contributed by atoms with van der Waals surface area (Å²) in [6, 6.07) is 13.3. The Bertz CT molecular complexity index is 1390. The Balaban J connectivity index is 1.81. The second kappa shape index (κ2) is 11.1. The molecule has 0 saturated carbocycles. The van der Waals surface area contributed by atoms with E-state index >= 15 is 0 Å². The molecular weight excluding hydrogens is 502 g/mol. The van der Waals surface area contributed by atoms with Crippen LogP contribution in [0.5, 0.6) is 5.75 Å². The fourth-order valence-corrected chi connectivity index (χ4v) is 4.42. The Kier molecular flexibility index (Phi) is 7.85. The Morgan fingerprint density at radius 3 is 2.34 bits per heavy atom. The Morgan fingerprint density at radius 2 is 1.68 bits per heavy atom. The lowest BCUT2D eigenvalue weighted by atomic mass is 9.93. The smallest absolute Gasteiger partial charge is 0.416 e. The highest BCUT2D eigenvalue weighted by Gasteiger charge is 2.32. The standard InChI is InChI=1S/C29H25F4NO4/c1-2-27(35)34-22-13-18(12-19(14-22)28(36)37)23-4-3-5-24(23)25-15-20(29(31,32)33)8-11-26(25)38-16-17-6-9-21(30)10-7-17/h6-15H,2-5,16H2,1H3,(H,34,35)(H,36,37). The number of carboxylic acid groups (broad SMARTS) is 1. The number of carboxylic acids is 1. The van der Waals surface area contributed by atoms with Gasteiger partial charge in [-0.15, -0.1) is 0 Å². The molecule has 1 amide bonds. The van der Waals surface area contributed by atoms with E-state index in [1.54, 1.807) is 13.0 Å². The number of hydrogen-bond donors (Lipinski definition) is 2. The van der Waals surface area contributed by atoms with Crippen LogP contribution >= 0.6 is 0 Å². The molecule has 3 aromatic rings. The molecule has 0 bridgehead atoms. The van der Waals surface area contributed by atoms with Crippen LogP contribution in [0, 0.1) is 5.82 Å². The van der Waals surface area contributed by atoms with Crippen LogP contribution in [0.4, 0.5) is 23.2 Å². The number of allylic oxidation sites excluding steroid dienone is 2. The van der Waals surface area contributed by atoms with Crippen molar-refractivity contribution in [3.05, 3.63) is 94.3 Å². The molecule has 0 fully saturated rings. The van der Waals surface area contributed by atoms with Gasteiger partial charge in [-0.1, -0.05) is 19.1 Å². The van der Waals surface area contributed by atoms with Crippen molar-refractivity contribution in [3.8, 4) is 5.75 Å². The molecule has 0 aliphatic heterocycles. The number of nitrogens with one attached hydrogen (secondary N) is 1. The van der Waals surface area contributed by atoms with E-state index in [0.717, 1.165) is 12.1 Å². The van der Waals surface area contributed by atoms with Crippen molar-refractivity contribution in [2.24, 2.45) is 0 Å². The molecule has 0 radical (unpaired) electrons. The number of ether oxygens (including phenoxy) is 1. The highest BCUT2D eigenvalue weighted by Crippen LogP contribution is 2.45. The number of hydrogen-bond acceptors (Lipinski definition) is 3. The van der Waals surface area contributed by atoms with E-state index in [-0.39, 0.29) is 35.8 Å². The molecule has 38 heavy (non-hydrogen) atoms. The number of carbonyl (C=O) groups is 2. The third-order valence-electron chi connectivity index (χ3n) is 6.29. The van der Waals surface area contributed by atoms with Gasteiger partial charge in [0, 0.05) is 17.7 Å². The average molecular weight is 528 g/mol. The maximum atomic E-state index is 13.6. The topological polar surface area (TPSA) is 75.6 Å². The molecule has 198 valence electrons. The van der Waals surface area contributed by atoms with E-state index in [9.17, 15) is 32.3 Å². The van der Waals surface area contributed by atoms with Gasteiger partial charge in [0.1, 0.15) is 18.2 Å². The van der Waals surface area contributed by atoms with Crippen molar-refractivity contribution >= 4 is 28.7 Å². The van der Waals surface area contributed by atoms with Gasteiger partial charge in [0.15, 0.2) is 0 Å². The molecular formula is C29H25F4NO4. The lowest BCUT2D eigenvalue weighted by Crippen LogP contribution is -2.11. The first-order valence-electron chi connectivity index (χ1n) is 12.0. The van der Waals surface area contributed by atoms with E-state index in [1.165, 1.54) is 42.5 Å². The number of benzene rings is 3. The molecule has 0 atom stereocenters. The van der Waals surface area contributed by atoms with Gasteiger partial charge in [-0.3, -0.25) is 4.79 Å². The molecule has 0 saturated heterocycles. The summed E-state index contributed by atoms with van der Waals surface area (Å²) in [6.45, 7) is 1.68. The summed E-state index contributed by atoms with van der Waals surface area (Å²) in [5.41, 5.74) is 2.11. The highest BCUT2D eigenvalue weighted by atomic mass is 19.4. The molecule has 0 aromatic heterocycles. The normalized spacial score (nSPS) is 13.5. The third-order valence-corrected chi connectivity index (χ3v) is 6.29. The minimum Gasteiger partial charge on any atom is -0.488 e. The van der Waals surface area contributed by atoms with Crippen LogP contribution in [0.15, 0.2) is 60.7 Å². The van der Waals surface area contributed by atoms with Gasteiger partial charge in [0.2, 0.25) is 5.91 Å². The lowest BCUT2D eigenvalue weighted by Gasteiger charge is -2.18. The zero-order valence-electron chi connectivity index (χ0n) is 20.5. The summed E-state index contributed by atoms with van der Waals surface area (Å²) in [4.78, 5) is 23.7. The zero-order chi connectivity index (χ0) is 27.4. The van der Waals surface area contributed by atoms with Gasteiger partial charge in [0.05, 0.1) is 11.1 Å². The van der Waals surface area contributed by atoms with E-state index in [2.05, 4.69) is 5.32 Å². The van der Waals surface area contributed by atoms with E-state index < -0.39 is 23.5 Å². The van der Waals surface area contributed by atoms with Gasteiger partial charge in [-0.2, -0.15) is 13.2 Å². The second-order valence-corrected chi connectivity index (χ2v) is 8.94. The summed E-state index contributed by atoms with van der Waals surface area (Å²) in [5.74, 6) is -1.68. The van der Waals surface area contributed by atoms with Crippen LogP contribution in [0.2, 0.25) is 0 Å². The summed E-state index contributed by atoms with van der Waals surface area (Å²) < 4.78 is 60.1. The van der Waals surface area contributed by atoms with Crippen LogP contribution < -0.4 is 10.1 Å². The number of carbonyl (C=O) groups excluding carboxylic acids is 1. The molecule has 2 N–H and O–H groups in total. The van der Waals surface area contributed by atoms with Crippen molar-refractivity contribution in [2.45, 2.75) is 45.4 Å². The van der Waals surface area contributed by atoms with Gasteiger partial charge in [0.25, 0.3) is 0 Å². The predicted molar refractivity (Wildman–Crippen MR) is 135 cm³/mol. The quantitative estimate of drug-likeness (QED) is 0.296. The molecule has 1 aliphatic rings. The Labute approximate surface area is 216 Å². The zero-order valence-corrected chi connectivity index (χ0v) is 20.5. The molecule has 1 aliphatic carbocycles. The molecule has 0 unspecified atom stereocenters. The van der Waals surface area contributed by atoms with Crippen molar-refractivity contribution in [1.29, 1.82) is 0 Å². The first kappa shape index (κ1) is 26.9. The summed E-state index contributed by atoms with van der Waals surface area (Å²) >= 11 is 0. The summed E-state index contributed by atoms with van der Waals surface area (Å²) in [7, 11) is 0. The maximum absolute atomic E-state index is 13.6. The molecule has 4 rings (SSSR count). The first-order valence-corrected chi connectivity index (χ1v) is 12.0. The lowest BCUT2D eigenvalue weighted by molar-refractivity contribution is -0.137.